The van der Waals surface area contributed by atoms with E-state index in [1.54, 1.807) is 0 Å². The van der Waals surface area contributed by atoms with Crippen LogP contribution in [0.15, 0.2) is 0 Å². The zero-order valence-corrected chi connectivity index (χ0v) is 10.1. The number of hydrogen-bond donors (Lipinski definition) is 1. The second-order valence-corrected chi connectivity index (χ2v) is 5.21. The second-order valence-electron chi connectivity index (χ2n) is 5.21. The van der Waals surface area contributed by atoms with Gasteiger partial charge in [0.2, 0.25) is 0 Å². The van der Waals surface area contributed by atoms with Crippen molar-refractivity contribution in [1.29, 1.82) is 0 Å². The molecule has 1 aliphatic carbocycles. The molecule has 102 valence electrons. The molecule has 1 saturated carbocycles. The predicted molar refractivity (Wildman–Crippen MR) is 56.2 cm³/mol. The molecule has 0 radical (unpaired) electrons. The van der Waals surface area contributed by atoms with Gasteiger partial charge in [0, 0.05) is 6.54 Å². The molecule has 3 unspecified atom stereocenters. The van der Waals surface area contributed by atoms with Crippen molar-refractivity contribution in [2.75, 3.05) is 13.2 Å². The quantitative estimate of drug-likeness (QED) is 0.782. The van der Waals surface area contributed by atoms with Gasteiger partial charge in [-0.1, -0.05) is 13.8 Å². The Morgan fingerprint density at radius 1 is 1.50 bits per heavy atom. The monoisotopic (exact) mass is 263 g/mol. The molecule has 1 amide bonds. The summed E-state index contributed by atoms with van der Waals surface area (Å²) in [5, 5.41) is 8.80. The molecule has 3 atom stereocenters. The molecule has 5 nitrogen and oxygen atoms in total. The summed E-state index contributed by atoms with van der Waals surface area (Å²) in [6.45, 7) is 3.63. The fourth-order valence-electron chi connectivity index (χ4n) is 2.44. The Labute approximate surface area is 103 Å². The predicted octanol–water partition coefficient (Wildman–Crippen LogP) is 1.43. The van der Waals surface area contributed by atoms with Gasteiger partial charge in [0.25, 0.3) is 5.92 Å². The largest absolute Gasteiger partial charge is 0.465 e. The minimum Gasteiger partial charge on any atom is -0.465 e. The van der Waals surface area contributed by atoms with Gasteiger partial charge in [-0.2, -0.15) is 0 Å². The average molecular weight is 263 g/mol. The highest BCUT2D eigenvalue weighted by Gasteiger charge is 2.79. The maximum absolute atomic E-state index is 13.3. The van der Waals surface area contributed by atoms with Crippen LogP contribution in [0.5, 0.6) is 0 Å². The van der Waals surface area contributed by atoms with Crippen LogP contribution < -0.4 is 0 Å². The number of nitrogens with zero attached hydrogens (tertiary/aromatic N) is 1. The SMILES string of the molecule is CC(C)COC(=O)C1CN(C(=O)O)C2C1C2(F)F. The van der Waals surface area contributed by atoms with Gasteiger partial charge in [0.1, 0.15) is 6.04 Å². The third-order valence-corrected chi connectivity index (χ3v) is 3.34. The molecule has 0 aromatic carbocycles. The Hall–Kier alpha value is -1.40. The Morgan fingerprint density at radius 2 is 2.11 bits per heavy atom. The van der Waals surface area contributed by atoms with Crippen LogP contribution in [0.1, 0.15) is 13.8 Å². The minimum absolute atomic E-state index is 0.112. The molecule has 0 aromatic rings. The van der Waals surface area contributed by atoms with Crippen LogP contribution in [0.25, 0.3) is 0 Å². The summed E-state index contributed by atoms with van der Waals surface area (Å²) < 4.78 is 31.6. The van der Waals surface area contributed by atoms with Gasteiger partial charge in [0.15, 0.2) is 0 Å². The van der Waals surface area contributed by atoms with Crippen molar-refractivity contribution in [3.05, 3.63) is 0 Å². The lowest BCUT2D eigenvalue weighted by molar-refractivity contribution is -0.151. The van der Waals surface area contributed by atoms with Crippen molar-refractivity contribution in [3.63, 3.8) is 0 Å². The molecule has 2 fully saturated rings. The van der Waals surface area contributed by atoms with E-state index in [0.29, 0.717) is 4.90 Å². The maximum atomic E-state index is 13.3. The number of fused-ring (bicyclic) bond motifs is 1. The molecule has 2 rings (SSSR count). The Balaban J connectivity index is 2.03. The number of carboxylic acid groups (broad SMARTS) is 1. The fourth-order valence-corrected chi connectivity index (χ4v) is 2.44. The summed E-state index contributed by atoms with van der Waals surface area (Å²) in [6.07, 6.45) is -1.42. The zero-order chi connectivity index (χ0) is 13.7. The number of piperidine rings is 1. The first-order valence-corrected chi connectivity index (χ1v) is 5.80. The van der Waals surface area contributed by atoms with Crippen LogP contribution in [0.2, 0.25) is 0 Å². The summed E-state index contributed by atoms with van der Waals surface area (Å²) in [5.74, 6) is -5.97. The highest BCUT2D eigenvalue weighted by atomic mass is 19.3. The van der Waals surface area contributed by atoms with Crippen LogP contribution >= 0.6 is 0 Å². The molecular formula is C11H15F2NO4. The average Bonchev–Trinajstić information content (AvgIpc) is 2.67. The number of likely N-dealkylation sites (tertiary alicyclic amines) is 1. The van der Waals surface area contributed by atoms with Crippen molar-refractivity contribution >= 4 is 12.1 Å². The van der Waals surface area contributed by atoms with E-state index in [1.165, 1.54) is 0 Å². The Kier molecular flexibility index (Phi) is 2.95. The van der Waals surface area contributed by atoms with Crippen LogP contribution in [-0.2, 0) is 9.53 Å². The summed E-state index contributed by atoms with van der Waals surface area (Å²) >= 11 is 0. The van der Waals surface area contributed by atoms with E-state index in [-0.39, 0.29) is 19.1 Å². The standard InChI is InChI=1S/C11H15F2NO4/c1-5(2)4-18-9(15)6-3-14(10(16)17)8-7(6)11(8,12)13/h5-8H,3-4H2,1-2H3,(H,16,17). The summed E-state index contributed by atoms with van der Waals surface area (Å²) in [6, 6.07) is -1.36. The number of rotatable bonds is 3. The molecule has 2 aliphatic rings. The number of hydrogen-bond acceptors (Lipinski definition) is 3. The van der Waals surface area contributed by atoms with E-state index in [9.17, 15) is 18.4 Å². The van der Waals surface area contributed by atoms with Gasteiger partial charge < -0.3 is 9.84 Å². The molecule has 0 spiro atoms. The van der Waals surface area contributed by atoms with Gasteiger partial charge >= 0.3 is 12.1 Å². The van der Waals surface area contributed by atoms with Gasteiger partial charge in [-0.25, -0.2) is 13.6 Å². The molecule has 1 N–H and O–H groups in total. The fraction of sp³-hybridized carbons (Fsp3) is 0.818. The normalized spacial score (nSPS) is 32.3. The molecule has 1 saturated heterocycles. The van der Waals surface area contributed by atoms with E-state index in [1.807, 2.05) is 13.8 Å². The third-order valence-electron chi connectivity index (χ3n) is 3.34. The highest BCUT2D eigenvalue weighted by Crippen LogP contribution is 2.60. The third kappa shape index (κ3) is 1.91. The molecular weight excluding hydrogens is 248 g/mol. The molecule has 1 heterocycles. The number of alkyl halides is 2. The highest BCUT2D eigenvalue weighted by molar-refractivity contribution is 5.78. The van der Waals surface area contributed by atoms with Crippen molar-refractivity contribution in [3.8, 4) is 0 Å². The number of carbonyl (C=O) groups excluding carboxylic acids is 1. The molecule has 0 aromatic heterocycles. The van der Waals surface area contributed by atoms with Crippen LogP contribution in [-0.4, -0.2) is 47.2 Å². The first kappa shape index (κ1) is 13.0. The van der Waals surface area contributed by atoms with Gasteiger partial charge in [-0.05, 0) is 5.92 Å². The van der Waals surface area contributed by atoms with Crippen LogP contribution in [0.3, 0.4) is 0 Å². The Morgan fingerprint density at radius 3 is 2.56 bits per heavy atom. The van der Waals surface area contributed by atoms with Gasteiger partial charge in [-0.3, -0.25) is 9.69 Å². The molecule has 7 heteroatoms. The van der Waals surface area contributed by atoms with Gasteiger partial charge in [-0.15, -0.1) is 0 Å². The first-order valence-electron chi connectivity index (χ1n) is 5.80. The van der Waals surface area contributed by atoms with Crippen molar-refractivity contribution in [2.24, 2.45) is 17.8 Å². The zero-order valence-electron chi connectivity index (χ0n) is 10.1. The lowest BCUT2D eigenvalue weighted by atomic mass is 10.1. The lowest BCUT2D eigenvalue weighted by Crippen LogP contribution is -2.38. The molecule has 18 heavy (non-hydrogen) atoms. The summed E-state index contributed by atoms with van der Waals surface area (Å²) in [7, 11) is 0. The van der Waals surface area contributed by atoms with Crippen LogP contribution in [0.4, 0.5) is 13.6 Å². The second kappa shape index (κ2) is 4.07. The topological polar surface area (TPSA) is 66.8 Å². The number of halogens is 2. The van der Waals surface area contributed by atoms with Crippen molar-refractivity contribution < 1.29 is 28.2 Å². The summed E-state index contributed by atoms with van der Waals surface area (Å²) in [4.78, 5) is 23.1. The maximum Gasteiger partial charge on any atom is 0.407 e. The van der Waals surface area contributed by atoms with E-state index < -0.39 is 35.9 Å². The van der Waals surface area contributed by atoms with Crippen molar-refractivity contribution in [2.45, 2.75) is 25.8 Å². The van der Waals surface area contributed by atoms with E-state index in [2.05, 4.69) is 0 Å². The molecule has 1 aliphatic heterocycles. The van der Waals surface area contributed by atoms with Crippen LogP contribution in [0, 0.1) is 17.8 Å². The van der Waals surface area contributed by atoms with Crippen molar-refractivity contribution in [1.82, 2.24) is 4.90 Å². The van der Waals surface area contributed by atoms with E-state index in [4.69, 9.17) is 9.84 Å². The minimum atomic E-state index is -3.10. The van der Waals surface area contributed by atoms with E-state index in [0.717, 1.165) is 0 Å². The number of esters is 1. The molecule has 0 bridgehead atoms. The number of ether oxygens (including phenoxy) is 1. The van der Waals surface area contributed by atoms with E-state index >= 15 is 0 Å². The smallest absolute Gasteiger partial charge is 0.407 e. The Bertz CT molecular complexity index is 385. The summed E-state index contributed by atoms with van der Waals surface area (Å²) in [5.41, 5.74) is 0. The lowest BCUT2D eigenvalue weighted by Gasteiger charge is -2.20. The first-order chi connectivity index (χ1) is 8.26. The number of carbonyl (C=O) groups is 2. The van der Waals surface area contributed by atoms with Gasteiger partial charge in [0.05, 0.1) is 18.4 Å². The number of amides is 1.